The van der Waals surface area contributed by atoms with E-state index in [4.69, 9.17) is 0 Å². The molecule has 2 aliphatic carbocycles. The van der Waals surface area contributed by atoms with Crippen LogP contribution < -0.4 is 0 Å². The molecule has 1 atom stereocenters. The van der Waals surface area contributed by atoms with Gasteiger partial charge in [0.15, 0.2) is 0 Å². The van der Waals surface area contributed by atoms with E-state index in [9.17, 15) is 0 Å². The first-order valence-electron chi connectivity index (χ1n) is 7.22. The van der Waals surface area contributed by atoms with Crippen LogP contribution in [-0.2, 0) is 0 Å². The van der Waals surface area contributed by atoms with Crippen LogP contribution in [0, 0.1) is 0 Å². The van der Waals surface area contributed by atoms with Gasteiger partial charge in [-0.1, -0.05) is 54.6 Å². The molecule has 2 radical (unpaired) electrons. The minimum atomic E-state index is 0.375. The Morgan fingerprint density at radius 1 is 0.952 bits per heavy atom. The lowest BCUT2D eigenvalue weighted by Crippen LogP contribution is -2.07. The summed E-state index contributed by atoms with van der Waals surface area (Å²) in [6, 6.07) is 17.3. The summed E-state index contributed by atoms with van der Waals surface area (Å²) in [6.45, 7) is 0. The highest BCUT2D eigenvalue weighted by Gasteiger charge is 2.31. The van der Waals surface area contributed by atoms with Gasteiger partial charge in [-0.2, -0.15) is 0 Å². The zero-order valence-corrected chi connectivity index (χ0v) is 12.6. The molecule has 21 heavy (non-hydrogen) atoms. The lowest BCUT2D eigenvalue weighted by molar-refractivity contribution is 1.02. The van der Waals surface area contributed by atoms with Crippen LogP contribution in [-0.4, -0.2) is 20.1 Å². The summed E-state index contributed by atoms with van der Waals surface area (Å²) >= 11 is 2.88. The second-order valence-electron chi connectivity index (χ2n) is 5.71. The fraction of sp³-hybridized carbons (Fsp3) is 0.0526. The molecule has 1 aromatic heterocycles. The van der Waals surface area contributed by atoms with Crippen molar-refractivity contribution in [1.82, 2.24) is 3.55 Å². The Morgan fingerprint density at radius 2 is 1.76 bits per heavy atom. The Balaban J connectivity index is 1.86. The van der Waals surface area contributed by atoms with Crippen LogP contribution in [0.25, 0.3) is 28.6 Å². The van der Waals surface area contributed by atoms with E-state index >= 15 is 0 Å². The number of nitrogens with zero attached hydrogens (tertiary/aromatic N) is 1. The van der Waals surface area contributed by atoms with Gasteiger partial charge in [0.2, 0.25) is 0 Å². The van der Waals surface area contributed by atoms with Crippen LogP contribution in [0.3, 0.4) is 0 Å². The van der Waals surface area contributed by atoms with Gasteiger partial charge in [-0.3, -0.25) is 0 Å². The van der Waals surface area contributed by atoms with E-state index in [1.54, 1.807) is 0 Å². The SMILES string of the molecule is [Al][n]1c2c(c3ccccc31)C=C1c3ccccc3C=CC12. The third kappa shape index (κ3) is 1.42. The molecule has 1 unspecified atom stereocenters. The second kappa shape index (κ2) is 4.01. The molecule has 0 saturated heterocycles. The van der Waals surface area contributed by atoms with Gasteiger partial charge in [0, 0.05) is 28.1 Å². The zero-order valence-electron chi connectivity index (χ0n) is 11.5. The number of aromatic nitrogens is 1. The van der Waals surface area contributed by atoms with E-state index in [0.29, 0.717) is 5.92 Å². The van der Waals surface area contributed by atoms with Crippen LogP contribution in [0.2, 0.25) is 0 Å². The fourth-order valence-electron chi connectivity index (χ4n) is 3.72. The zero-order chi connectivity index (χ0) is 14.0. The average Bonchev–Trinajstić information content (AvgIpc) is 3.05. The Bertz CT molecular complexity index is 959. The van der Waals surface area contributed by atoms with Crippen molar-refractivity contribution < 1.29 is 0 Å². The molecule has 0 fully saturated rings. The van der Waals surface area contributed by atoms with Crippen LogP contribution in [0.15, 0.2) is 54.6 Å². The summed E-state index contributed by atoms with van der Waals surface area (Å²) in [5.41, 5.74) is 8.18. The highest BCUT2D eigenvalue weighted by molar-refractivity contribution is 6.16. The van der Waals surface area contributed by atoms with Gasteiger partial charge in [-0.25, -0.2) is 0 Å². The number of para-hydroxylation sites is 1. The second-order valence-corrected chi connectivity index (χ2v) is 6.23. The van der Waals surface area contributed by atoms with Crippen LogP contribution in [0.1, 0.15) is 28.3 Å². The Kier molecular flexibility index (Phi) is 2.22. The molecular weight excluding hydrogens is 269 g/mol. The molecule has 0 spiro atoms. The van der Waals surface area contributed by atoms with Crippen molar-refractivity contribution in [3.05, 3.63) is 77.0 Å². The first-order valence-corrected chi connectivity index (χ1v) is 7.74. The molecule has 0 aliphatic heterocycles. The lowest BCUT2D eigenvalue weighted by Gasteiger charge is -2.21. The number of hydrogen-bond acceptors (Lipinski definition) is 0. The molecule has 0 amide bonds. The monoisotopic (exact) mass is 281 g/mol. The van der Waals surface area contributed by atoms with Crippen molar-refractivity contribution in [2.75, 3.05) is 0 Å². The Labute approximate surface area is 131 Å². The summed E-state index contributed by atoms with van der Waals surface area (Å²) in [5, 5.41) is 1.34. The number of hydrogen-bond donors (Lipinski definition) is 0. The molecule has 2 aromatic carbocycles. The van der Waals surface area contributed by atoms with E-state index in [1.807, 2.05) is 0 Å². The van der Waals surface area contributed by atoms with Crippen molar-refractivity contribution in [2.24, 2.45) is 0 Å². The van der Waals surface area contributed by atoms with Crippen LogP contribution in [0.4, 0.5) is 0 Å². The van der Waals surface area contributed by atoms with Crippen molar-refractivity contribution in [3.8, 4) is 0 Å². The third-order valence-electron chi connectivity index (χ3n) is 4.66. The molecular formula is C19H12AlN. The minimum Gasteiger partial charge on any atom is -0.454 e. The normalized spacial score (nSPS) is 18.3. The molecule has 2 aliphatic rings. The van der Waals surface area contributed by atoms with Gasteiger partial charge in [0.25, 0.3) is 0 Å². The highest BCUT2D eigenvalue weighted by Crippen LogP contribution is 2.49. The van der Waals surface area contributed by atoms with E-state index < -0.39 is 0 Å². The van der Waals surface area contributed by atoms with Gasteiger partial charge in [0.1, 0.15) is 0 Å². The predicted molar refractivity (Wildman–Crippen MR) is 89.2 cm³/mol. The van der Waals surface area contributed by atoms with Gasteiger partial charge >= 0.3 is 16.5 Å². The number of benzene rings is 2. The van der Waals surface area contributed by atoms with Gasteiger partial charge < -0.3 is 3.55 Å². The maximum atomic E-state index is 2.88. The lowest BCUT2D eigenvalue weighted by atomic mass is 9.86. The fourth-order valence-corrected chi connectivity index (χ4v) is 4.24. The molecule has 0 bridgehead atoms. The first-order chi connectivity index (χ1) is 10.3. The molecule has 0 saturated carbocycles. The molecule has 1 heterocycles. The largest absolute Gasteiger partial charge is 0.454 e. The summed E-state index contributed by atoms with van der Waals surface area (Å²) in [7, 11) is 0. The quantitative estimate of drug-likeness (QED) is 0.543. The molecule has 0 N–H and O–H groups in total. The topological polar surface area (TPSA) is 4.93 Å². The summed E-state index contributed by atoms with van der Waals surface area (Å²) < 4.78 is 2.27. The Hall–Kier alpha value is -2.01. The maximum Gasteiger partial charge on any atom is 0.317 e. The molecule has 3 aromatic rings. The highest BCUT2D eigenvalue weighted by atomic mass is 27.1. The van der Waals surface area contributed by atoms with Crippen LogP contribution >= 0.6 is 0 Å². The van der Waals surface area contributed by atoms with Crippen molar-refractivity contribution in [2.45, 2.75) is 5.92 Å². The van der Waals surface area contributed by atoms with E-state index in [-0.39, 0.29) is 0 Å². The third-order valence-corrected chi connectivity index (χ3v) is 5.22. The smallest absolute Gasteiger partial charge is 0.317 e. The molecule has 2 heteroatoms. The van der Waals surface area contributed by atoms with Crippen molar-refractivity contribution in [3.63, 3.8) is 0 Å². The summed E-state index contributed by atoms with van der Waals surface area (Å²) in [5.74, 6) is 0.375. The molecule has 5 rings (SSSR count). The van der Waals surface area contributed by atoms with Crippen LogP contribution in [0.5, 0.6) is 0 Å². The Morgan fingerprint density at radius 3 is 2.71 bits per heavy atom. The maximum absolute atomic E-state index is 2.88. The van der Waals surface area contributed by atoms with Crippen molar-refractivity contribution >= 4 is 45.1 Å². The average molecular weight is 281 g/mol. The van der Waals surface area contributed by atoms with E-state index in [1.165, 1.54) is 38.9 Å². The number of allylic oxidation sites excluding steroid dienone is 2. The summed E-state index contributed by atoms with van der Waals surface area (Å²) in [4.78, 5) is 0. The standard InChI is InChI=1S/C19H12N.Al/c1-2-6-13-12(5-1)9-10-15-16(13)11-17-14-7-3-4-8-18(14)20-19(15)17;/h1-11,15H;/q-1;+1. The van der Waals surface area contributed by atoms with E-state index in [2.05, 4.69) is 86.8 Å². The van der Waals surface area contributed by atoms with Crippen molar-refractivity contribution in [1.29, 1.82) is 0 Å². The predicted octanol–water partition coefficient (Wildman–Crippen LogP) is 4.24. The van der Waals surface area contributed by atoms with E-state index in [0.717, 1.165) is 0 Å². The van der Waals surface area contributed by atoms with Gasteiger partial charge in [0.05, 0.1) is 0 Å². The molecule has 1 nitrogen and oxygen atoms in total. The van der Waals surface area contributed by atoms with Gasteiger partial charge in [-0.15, -0.1) is 0 Å². The first kappa shape index (κ1) is 11.6. The summed E-state index contributed by atoms with van der Waals surface area (Å²) in [6.07, 6.45) is 6.97. The minimum absolute atomic E-state index is 0.375. The number of rotatable bonds is 0. The number of fused-ring (bicyclic) bond motifs is 7. The molecule has 96 valence electrons. The van der Waals surface area contributed by atoms with Gasteiger partial charge in [-0.05, 0) is 28.8 Å².